The number of anilines is 1. The summed E-state index contributed by atoms with van der Waals surface area (Å²) >= 11 is 4.71. The van der Waals surface area contributed by atoms with Gasteiger partial charge in [0.1, 0.15) is 0 Å². The Balaban J connectivity index is 1.68. The quantitative estimate of drug-likeness (QED) is 0.455. The minimum absolute atomic E-state index is 0.0386. The van der Waals surface area contributed by atoms with E-state index in [1.165, 1.54) is 18.7 Å². The Morgan fingerprint density at radius 3 is 2.37 bits per heavy atom. The predicted molar refractivity (Wildman–Crippen MR) is 110 cm³/mol. The van der Waals surface area contributed by atoms with E-state index < -0.39 is 0 Å². The number of carbonyl (C=O) groups excluding carboxylic acids is 2. The number of nitrogens with one attached hydrogen (secondary N) is 1. The van der Waals surface area contributed by atoms with Crippen molar-refractivity contribution >= 4 is 45.1 Å². The Morgan fingerprint density at radius 2 is 1.74 bits per heavy atom. The summed E-state index contributed by atoms with van der Waals surface area (Å²) in [5.74, 6) is 0.907. The van der Waals surface area contributed by atoms with Crippen LogP contribution in [-0.2, 0) is 11.8 Å². The SMILES string of the molecule is CC(=O)Nc1ccc(-c2nnc(SCC(=O)c3ccc(Br)cc3)n2C)cc1. The van der Waals surface area contributed by atoms with Crippen molar-refractivity contribution in [3.8, 4) is 11.4 Å². The molecule has 2 aromatic carbocycles. The molecule has 0 atom stereocenters. The molecule has 1 heterocycles. The van der Waals surface area contributed by atoms with Crippen LogP contribution in [0.5, 0.6) is 0 Å². The Hall–Kier alpha value is -2.45. The van der Waals surface area contributed by atoms with E-state index in [2.05, 4.69) is 31.4 Å². The van der Waals surface area contributed by atoms with Crippen LogP contribution in [0.1, 0.15) is 17.3 Å². The molecule has 1 N–H and O–H groups in total. The molecule has 0 spiro atoms. The molecule has 3 aromatic rings. The molecule has 0 aliphatic heterocycles. The summed E-state index contributed by atoms with van der Waals surface area (Å²) in [6.45, 7) is 1.47. The van der Waals surface area contributed by atoms with E-state index in [0.29, 0.717) is 16.5 Å². The number of Topliss-reactive ketones (excluding diaryl/α,β-unsaturated/α-hetero) is 1. The molecule has 0 bridgehead atoms. The van der Waals surface area contributed by atoms with Gasteiger partial charge in [-0.3, -0.25) is 9.59 Å². The third-order valence-electron chi connectivity index (χ3n) is 3.80. The predicted octanol–water partition coefficient (Wildman–Crippen LogP) is 4.18. The summed E-state index contributed by atoms with van der Waals surface area (Å²) in [5, 5.41) is 11.8. The van der Waals surface area contributed by atoms with Crippen LogP contribution in [0.3, 0.4) is 0 Å². The van der Waals surface area contributed by atoms with E-state index in [-0.39, 0.29) is 17.4 Å². The van der Waals surface area contributed by atoms with Crippen LogP contribution in [-0.4, -0.2) is 32.2 Å². The molecule has 3 rings (SSSR count). The van der Waals surface area contributed by atoms with Crippen LogP contribution in [0.25, 0.3) is 11.4 Å². The molecular formula is C19H17BrN4O2S. The van der Waals surface area contributed by atoms with Crippen molar-refractivity contribution in [1.29, 1.82) is 0 Å². The second-order valence-corrected chi connectivity index (χ2v) is 7.70. The van der Waals surface area contributed by atoms with E-state index in [9.17, 15) is 9.59 Å². The Bertz CT molecular complexity index is 968. The van der Waals surface area contributed by atoms with Crippen LogP contribution in [0.4, 0.5) is 5.69 Å². The number of aromatic nitrogens is 3. The van der Waals surface area contributed by atoms with Gasteiger partial charge in [-0.25, -0.2) is 0 Å². The maximum atomic E-state index is 12.3. The molecule has 1 aromatic heterocycles. The van der Waals surface area contributed by atoms with Crippen molar-refractivity contribution in [1.82, 2.24) is 14.8 Å². The second-order valence-electron chi connectivity index (χ2n) is 5.84. The zero-order chi connectivity index (χ0) is 19.4. The van der Waals surface area contributed by atoms with Gasteiger partial charge in [0.05, 0.1) is 5.75 Å². The summed E-state index contributed by atoms with van der Waals surface area (Å²) in [4.78, 5) is 23.4. The van der Waals surface area contributed by atoms with E-state index in [1.807, 2.05) is 48.0 Å². The lowest BCUT2D eigenvalue weighted by Gasteiger charge is -2.06. The number of rotatable bonds is 6. The third kappa shape index (κ3) is 4.84. The molecule has 0 saturated carbocycles. The number of thioether (sulfide) groups is 1. The minimum atomic E-state index is -0.115. The normalized spacial score (nSPS) is 10.6. The molecule has 0 saturated heterocycles. The molecule has 0 aliphatic carbocycles. The zero-order valence-corrected chi connectivity index (χ0v) is 17.2. The number of hydrogen-bond acceptors (Lipinski definition) is 5. The lowest BCUT2D eigenvalue weighted by atomic mass is 10.2. The first-order valence-electron chi connectivity index (χ1n) is 8.13. The van der Waals surface area contributed by atoms with E-state index in [1.54, 1.807) is 12.1 Å². The van der Waals surface area contributed by atoms with Gasteiger partial charge in [-0.05, 0) is 36.4 Å². The van der Waals surface area contributed by atoms with Crippen molar-refractivity contribution in [3.05, 3.63) is 58.6 Å². The van der Waals surface area contributed by atoms with E-state index >= 15 is 0 Å². The molecule has 0 aliphatic rings. The first kappa shape index (κ1) is 19.3. The lowest BCUT2D eigenvalue weighted by molar-refractivity contribution is -0.114. The molecule has 27 heavy (non-hydrogen) atoms. The molecule has 0 radical (unpaired) electrons. The Morgan fingerprint density at radius 1 is 1.07 bits per heavy atom. The Kier molecular flexibility index (Phi) is 6.08. The maximum Gasteiger partial charge on any atom is 0.221 e. The van der Waals surface area contributed by atoms with Crippen molar-refractivity contribution in [2.24, 2.45) is 7.05 Å². The number of carbonyl (C=O) groups is 2. The fourth-order valence-corrected chi connectivity index (χ4v) is 3.52. The van der Waals surface area contributed by atoms with Crippen LogP contribution >= 0.6 is 27.7 Å². The van der Waals surface area contributed by atoms with Gasteiger partial charge in [-0.15, -0.1) is 10.2 Å². The standard InChI is InChI=1S/C19H17BrN4O2S/c1-12(25)21-16-9-5-14(6-10-16)18-22-23-19(24(18)2)27-11-17(26)13-3-7-15(20)8-4-13/h3-10H,11H2,1-2H3,(H,21,25). The topological polar surface area (TPSA) is 76.9 Å². The van der Waals surface area contributed by atoms with Gasteiger partial charge >= 0.3 is 0 Å². The van der Waals surface area contributed by atoms with Gasteiger partial charge in [-0.1, -0.05) is 39.8 Å². The number of ketones is 1. The Labute approximate surface area is 169 Å². The highest BCUT2D eigenvalue weighted by Crippen LogP contribution is 2.24. The molecule has 8 heteroatoms. The largest absolute Gasteiger partial charge is 0.326 e. The van der Waals surface area contributed by atoms with E-state index in [4.69, 9.17) is 0 Å². The van der Waals surface area contributed by atoms with Gasteiger partial charge in [0.15, 0.2) is 16.8 Å². The van der Waals surface area contributed by atoms with Crippen LogP contribution in [0.2, 0.25) is 0 Å². The highest BCUT2D eigenvalue weighted by Gasteiger charge is 2.14. The fraction of sp³-hybridized carbons (Fsp3) is 0.158. The second kappa shape index (κ2) is 8.49. The molecule has 1 amide bonds. The summed E-state index contributed by atoms with van der Waals surface area (Å²) in [5.41, 5.74) is 2.27. The molecule has 0 fully saturated rings. The summed E-state index contributed by atoms with van der Waals surface area (Å²) in [6.07, 6.45) is 0. The summed E-state index contributed by atoms with van der Waals surface area (Å²) in [6, 6.07) is 14.7. The van der Waals surface area contributed by atoms with Gasteiger partial charge < -0.3 is 9.88 Å². The van der Waals surface area contributed by atoms with Gasteiger partial charge in [-0.2, -0.15) is 0 Å². The van der Waals surface area contributed by atoms with Crippen molar-refractivity contribution in [2.45, 2.75) is 12.1 Å². The van der Waals surface area contributed by atoms with Crippen molar-refractivity contribution in [2.75, 3.05) is 11.1 Å². The number of amides is 1. The van der Waals surface area contributed by atoms with Crippen molar-refractivity contribution in [3.63, 3.8) is 0 Å². The number of benzene rings is 2. The zero-order valence-electron chi connectivity index (χ0n) is 14.8. The maximum absolute atomic E-state index is 12.3. The molecule has 6 nitrogen and oxygen atoms in total. The highest BCUT2D eigenvalue weighted by molar-refractivity contribution is 9.10. The first-order valence-corrected chi connectivity index (χ1v) is 9.91. The average molecular weight is 445 g/mol. The number of hydrogen-bond donors (Lipinski definition) is 1. The highest BCUT2D eigenvalue weighted by atomic mass is 79.9. The monoisotopic (exact) mass is 444 g/mol. The molecule has 138 valence electrons. The summed E-state index contributed by atoms with van der Waals surface area (Å²) < 4.78 is 2.79. The lowest BCUT2D eigenvalue weighted by Crippen LogP contribution is -2.05. The van der Waals surface area contributed by atoms with Crippen molar-refractivity contribution < 1.29 is 9.59 Å². The van der Waals surface area contributed by atoms with Gasteiger partial charge in [0.2, 0.25) is 5.91 Å². The first-order chi connectivity index (χ1) is 12.9. The molecular weight excluding hydrogens is 428 g/mol. The number of nitrogens with zero attached hydrogens (tertiary/aromatic N) is 3. The third-order valence-corrected chi connectivity index (χ3v) is 5.35. The van der Waals surface area contributed by atoms with Gasteiger partial charge in [0.25, 0.3) is 0 Å². The van der Waals surface area contributed by atoms with Gasteiger partial charge in [0, 0.05) is 35.3 Å². The van der Waals surface area contributed by atoms with E-state index in [0.717, 1.165) is 15.7 Å². The minimum Gasteiger partial charge on any atom is -0.326 e. The van der Waals surface area contributed by atoms with Crippen LogP contribution < -0.4 is 5.32 Å². The van der Waals surface area contributed by atoms with Crippen LogP contribution in [0.15, 0.2) is 58.2 Å². The number of halogens is 1. The molecule has 0 unspecified atom stereocenters. The smallest absolute Gasteiger partial charge is 0.221 e. The average Bonchev–Trinajstić information content (AvgIpc) is 3.01. The van der Waals surface area contributed by atoms with Crippen LogP contribution in [0, 0.1) is 0 Å². The summed E-state index contributed by atoms with van der Waals surface area (Å²) in [7, 11) is 1.86. The fourth-order valence-electron chi connectivity index (χ4n) is 2.45.